The molecule has 1 saturated carbocycles. The molecule has 0 radical (unpaired) electrons. The molecule has 1 atom stereocenters. The number of benzene rings is 2. The van der Waals surface area contributed by atoms with E-state index in [-0.39, 0.29) is 24.2 Å². The van der Waals surface area contributed by atoms with Gasteiger partial charge in [0.2, 0.25) is 5.91 Å². The number of aromatic nitrogens is 1. The number of fused-ring (bicyclic) bond motifs is 1. The van der Waals surface area contributed by atoms with Crippen molar-refractivity contribution in [2.45, 2.75) is 76.8 Å². The van der Waals surface area contributed by atoms with Crippen molar-refractivity contribution in [2.24, 2.45) is 5.92 Å². The lowest BCUT2D eigenvalue weighted by Gasteiger charge is -2.32. The molecule has 1 N–H and O–H groups in total. The molecule has 1 aliphatic heterocycles. The van der Waals surface area contributed by atoms with Crippen LogP contribution in [0.3, 0.4) is 0 Å². The van der Waals surface area contributed by atoms with E-state index in [1.165, 1.54) is 59.7 Å². The summed E-state index contributed by atoms with van der Waals surface area (Å²) in [5.74, 6) is 1.08. The second-order valence-electron chi connectivity index (χ2n) is 10.9. The Morgan fingerprint density at radius 3 is 2.53 bits per heavy atom. The third-order valence-corrected chi connectivity index (χ3v) is 8.45. The number of piperidine rings is 1. The van der Waals surface area contributed by atoms with Crippen molar-refractivity contribution in [1.82, 2.24) is 14.8 Å². The zero-order chi connectivity index (χ0) is 24.2. The van der Waals surface area contributed by atoms with Crippen LogP contribution in [0.4, 0.5) is 0 Å². The van der Waals surface area contributed by atoms with Crippen LogP contribution in [0.15, 0.2) is 54.7 Å². The Labute approximate surface area is 222 Å². The van der Waals surface area contributed by atoms with Crippen molar-refractivity contribution >= 4 is 29.2 Å². The third kappa shape index (κ3) is 5.98. The van der Waals surface area contributed by atoms with E-state index >= 15 is 0 Å². The lowest BCUT2D eigenvalue weighted by molar-refractivity contribution is -0.132. The fourth-order valence-corrected chi connectivity index (χ4v) is 6.36. The number of hydrogen-bond donors (Lipinski definition) is 1. The Kier molecular flexibility index (Phi) is 9.14. The molecular formula is C31H42ClN3O. The van der Waals surface area contributed by atoms with Gasteiger partial charge in [-0.2, -0.15) is 0 Å². The average molecular weight is 508 g/mol. The number of halogens is 1. The first-order valence-corrected chi connectivity index (χ1v) is 13.7. The van der Waals surface area contributed by atoms with Gasteiger partial charge in [-0.05, 0) is 68.8 Å². The Bertz CT molecular complexity index is 1140. The number of aryl methyl sites for hydroxylation is 1. The Morgan fingerprint density at radius 2 is 1.78 bits per heavy atom. The van der Waals surface area contributed by atoms with Gasteiger partial charge in [0.25, 0.3) is 0 Å². The fourth-order valence-electron chi connectivity index (χ4n) is 6.36. The van der Waals surface area contributed by atoms with Crippen LogP contribution in [0.25, 0.3) is 10.9 Å². The number of carbonyl (C=O) groups excluding carboxylic acids is 1. The summed E-state index contributed by atoms with van der Waals surface area (Å²) in [7, 11) is 2.01. The minimum Gasteiger partial charge on any atom is -0.347 e. The van der Waals surface area contributed by atoms with E-state index in [2.05, 4.69) is 71.5 Å². The van der Waals surface area contributed by atoms with Crippen LogP contribution in [0.1, 0.15) is 74.0 Å². The molecule has 3 aromatic rings. The number of rotatable bonds is 7. The van der Waals surface area contributed by atoms with Gasteiger partial charge < -0.3 is 14.8 Å². The molecule has 4 nitrogen and oxygen atoms in total. The number of carbonyl (C=O) groups is 1. The normalized spacial score (nSPS) is 18.1. The molecule has 5 rings (SSSR count). The Morgan fingerprint density at radius 1 is 1.03 bits per heavy atom. The molecule has 0 spiro atoms. The molecule has 1 aliphatic carbocycles. The lowest BCUT2D eigenvalue weighted by Crippen LogP contribution is -2.44. The van der Waals surface area contributed by atoms with Crippen molar-refractivity contribution in [3.63, 3.8) is 0 Å². The summed E-state index contributed by atoms with van der Waals surface area (Å²) in [4.78, 5) is 15.7. The number of hydrogen-bond acceptors (Lipinski definition) is 2. The largest absolute Gasteiger partial charge is 0.347 e. The van der Waals surface area contributed by atoms with Gasteiger partial charge in [0.05, 0.1) is 0 Å². The fraction of sp³-hybridized carbons (Fsp3) is 0.516. The minimum atomic E-state index is 0. The first kappa shape index (κ1) is 26.8. The number of amides is 1. The lowest BCUT2D eigenvalue weighted by atomic mass is 9.87. The molecule has 1 unspecified atom stereocenters. The molecule has 194 valence electrons. The second kappa shape index (κ2) is 12.3. The van der Waals surface area contributed by atoms with Crippen LogP contribution >= 0.6 is 12.4 Å². The predicted molar refractivity (Wildman–Crippen MR) is 152 cm³/mol. The summed E-state index contributed by atoms with van der Waals surface area (Å²) in [5, 5.41) is 4.72. The molecule has 36 heavy (non-hydrogen) atoms. The van der Waals surface area contributed by atoms with Gasteiger partial charge >= 0.3 is 0 Å². The van der Waals surface area contributed by atoms with E-state index in [1.54, 1.807) is 0 Å². The second-order valence-corrected chi connectivity index (χ2v) is 10.9. The smallest absolute Gasteiger partial charge is 0.223 e. The molecular weight excluding hydrogens is 466 g/mol. The molecule has 1 saturated heterocycles. The van der Waals surface area contributed by atoms with Gasteiger partial charge in [-0.15, -0.1) is 12.4 Å². The summed E-state index contributed by atoms with van der Waals surface area (Å²) < 4.78 is 2.49. The standard InChI is InChI=1S/C31H41N3O.ClH/c1-23-9-8-12-25(19-23)28(20-31(35)33(2)26-15-17-32-18-16-26)29-22-34(21-24-10-4-3-5-11-24)30-14-7-6-13-27(29)30;/h6-9,12-14,19,22,24,26,28,32H,3-5,10-11,15-18,20-21H2,1-2H3;1H. The highest BCUT2D eigenvalue weighted by atomic mass is 35.5. The number of nitrogens with zero attached hydrogens (tertiary/aromatic N) is 2. The van der Waals surface area contributed by atoms with Crippen LogP contribution in [0.5, 0.6) is 0 Å². The van der Waals surface area contributed by atoms with Crippen LogP contribution in [-0.2, 0) is 11.3 Å². The maximum atomic E-state index is 13.6. The van der Waals surface area contributed by atoms with E-state index in [9.17, 15) is 4.79 Å². The molecule has 2 fully saturated rings. The first-order chi connectivity index (χ1) is 17.1. The van der Waals surface area contributed by atoms with Gasteiger partial charge in [-0.25, -0.2) is 0 Å². The van der Waals surface area contributed by atoms with Crippen molar-refractivity contribution < 1.29 is 4.79 Å². The van der Waals surface area contributed by atoms with Gasteiger partial charge in [-0.1, -0.05) is 67.3 Å². The third-order valence-electron chi connectivity index (χ3n) is 8.45. The molecule has 5 heteroatoms. The van der Waals surface area contributed by atoms with Crippen LogP contribution in [-0.4, -0.2) is 41.6 Å². The molecule has 2 aromatic carbocycles. The minimum absolute atomic E-state index is 0. The number of nitrogens with one attached hydrogen (secondary N) is 1. The maximum absolute atomic E-state index is 13.6. The Balaban J connectivity index is 0.00000304. The summed E-state index contributed by atoms with van der Waals surface area (Å²) in [5.41, 5.74) is 5.11. The summed E-state index contributed by atoms with van der Waals surface area (Å²) in [6, 6.07) is 17.9. The van der Waals surface area contributed by atoms with Crippen LogP contribution in [0, 0.1) is 12.8 Å². The average Bonchev–Trinajstić information content (AvgIpc) is 3.25. The van der Waals surface area contributed by atoms with E-state index in [0.717, 1.165) is 38.4 Å². The first-order valence-electron chi connectivity index (χ1n) is 13.7. The summed E-state index contributed by atoms with van der Waals surface area (Å²) in [6.45, 7) is 5.23. The van der Waals surface area contributed by atoms with Crippen molar-refractivity contribution in [1.29, 1.82) is 0 Å². The Hall–Kier alpha value is -2.30. The molecule has 2 aliphatic rings. The van der Waals surface area contributed by atoms with E-state index in [1.807, 2.05) is 11.9 Å². The van der Waals surface area contributed by atoms with E-state index < -0.39 is 0 Å². The molecule has 1 aromatic heterocycles. The summed E-state index contributed by atoms with van der Waals surface area (Å²) in [6.07, 6.45) is 11.8. The SMILES string of the molecule is Cc1cccc(C(CC(=O)N(C)C2CCNCC2)c2cn(CC3CCCCC3)c3ccccc23)c1.Cl. The van der Waals surface area contributed by atoms with Gasteiger partial charge in [0, 0.05) is 49.1 Å². The van der Waals surface area contributed by atoms with E-state index in [4.69, 9.17) is 0 Å². The van der Waals surface area contributed by atoms with Gasteiger partial charge in [-0.3, -0.25) is 4.79 Å². The zero-order valence-corrected chi connectivity index (χ0v) is 22.7. The molecule has 0 bridgehead atoms. The predicted octanol–water partition coefficient (Wildman–Crippen LogP) is 6.68. The van der Waals surface area contributed by atoms with Crippen LogP contribution < -0.4 is 5.32 Å². The monoisotopic (exact) mass is 507 g/mol. The van der Waals surface area contributed by atoms with Crippen molar-refractivity contribution in [3.05, 3.63) is 71.4 Å². The van der Waals surface area contributed by atoms with Crippen molar-refractivity contribution in [3.8, 4) is 0 Å². The quantitative estimate of drug-likeness (QED) is 0.387. The zero-order valence-electron chi connectivity index (χ0n) is 21.9. The van der Waals surface area contributed by atoms with Crippen molar-refractivity contribution in [2.75, 3.05) is 20.1 Å². The number of para-hydroxylation sites is 1. The summed E-state index contributed by atoms with van der Waals surface area (Å²) >= 11 is 0. The maximum Gasteiger partial charge on any atom is 0.223 e. The van der Waals surface area contributed by atoms with Crippen LogP contribution in [0.2, 0.25) is 0 Å². The highest BCUT2D eigenvalue weighted by molar-refractivity contribution is 5.87. The highest BCUT2D eigenvalue weighted by Crippen LogP contribution is 2.37. The van der Waals surface area contributed by atoms with E-state index in [0.29, 0.717) is 12.5 Å². The molecule has 1 amide bonds. The van der Waals surface area contributed by atoms with Gasteiger partial charge in [0.15, 0.2) is 0 Å². The topological polar surface area (TPSA) is 37.3 Å². The van der Waals surface area contributed by atoms with Gasteiger partial charge in [0.1, 0.15) is 0 Å². The highest BCUT2D eigenvalue weighted by Gasteiger charge is 2.28. The molecule has 2 heterocycles.